The molecule has 1 aromatic carbocycles. The molecular weight excluding hydrogens is 230 g/mol. The van der Waals surface area contributed by atoms with E-state index in [1.165, 1.54) is 12.7 Å². The molecule has 18 heavy (non-hydrogen) atoms. The lowest BCUT2D eigenvalue weighted by atomic mass is 9.98. The van der Waals surface area contributed by atoms with Gasteiger partial charge in [0.2, 0.25) is 5.96 Å². The Morgan fingerprint density at radius 3 is 2.78 bits per heavy atom. The second-order valence-electron chi connectivity index (χ2n) is 4.27. The number of benzene rings is 1. The van der Waals surface area contributed by atoms with Crippen LogP contribution in [-0.2, 0) is 4.74 Å². The average molecular weight is 247 g/mol. The van der Waals surface area contributed by atoms with Crippen molar-refractivity contribution in [2.45, 2.75) is 5.92 Å². The summed E-state index contributed by atoms with van der Waals surface area (Å²) in [5.41, 5.74) is 1.27. The lowest BCUT2D eigenvalue weighted by Gasteiger charge is -2.30. The van der Waals surface area contributed by atoms with Crippen molar-refractivity contribution in [3.8, 4) is 0 Å². The molecule has 1 aliphatic heterocycles. The van der Waals surface area contributed by atoms with Crippen molar-refractivity contribution in [2.75, 3.05) is 27.2 Å². The predicted octanol–water partition coefficient (Wildman–Crippen LogP) is 1.43. The molecule has 0 aromatic heterocycles. The van der Waals surface area contributed by atoms with Gasteiger partial charge in [0, 0.05) is 19.5 Å². The van der Waals surface area contributed by atoms with Gasteiger partial charge in [0.1, 0.15) is 0 Å². The fourth-order valence-corrected chi connectivity index (χ4v) is 2.01. The molecule has 1 heterocycles. The third kappa shape index (κ3) is 2.80. The maximum atomic E-state index is 11.1. The highest BCUT2D eigenvalue weighted by atomic mass is 16.5. The standard InChI is InChI=1S/C13H17N3O2/c1-16-9-11(10-6-4-3-5-7-10)8-14-12(16)15-13(17)18-2/h3-7,11H,8-9H2,1-2H3,(H,14,15,17). The van der Waals surface area contributed by atoms with Crippen molar-refractivity contribution < 1.29 is 9.53 Å². The zero-order valence-electron chi connectivity index (χ0n) is 10.6. The Balaban J connectivity index is 2.05. The SMILES string of the molecule is COC(=O)NC1=NCC(c2ccccc2)CN1C. The number of guanidine groups is 1. The van der Waals surface area contributed by atoms with Crippen LogP contribution in [0.15, 0.2) is 35.3 Å². The Bertz CT molecular complexity index is 445. The first-order valence-corrected chi connectivity index (χ1v) is 5.86. The zero-order valence-corrected chi connectivity index (χ0v) is 10.6. The summed E-state index contributed by atoms with van der Waals surface area (Å²) >= 11 is 0. The van der Waals surface area contributed by atoms with Crippen LogP contribution in [0.2, 0.25) is 0 Å². The molecule has 1 aliphatic rings. The van der Waals surface area contributed by atoms with E-state index in [4.69, 9.17) is 0 Å². The van der Waals surface area contributed by atoms with Crippen LogP contribution in [0.3, 0.4) is 0 Å². The Morgan fingerprint density at radius 2 is 2.17 bits per heavy atom. The van der Waals surface area contributed by atoms with E-state index in [-0.39, 0.29) is 0 Å². The van der Waals surface area contributed by atoms with E-state index in [1.807, 2.05) is 30.1 Å². The average Bonchev–Trinajstić information content (AvgIpc) is 2.42. The van der Waals surface area contributed by atoms with Gasteiger partial charge in [-0.25, -0.2) is 4.79 Å². The summed E-state index contributed by atoms with van der Waals surface area (Å²) < 4.78 is 4.56. The molecule has 1 atom stereocenters. The highest BCUT2D eigenvalue weighted by Crippen LogP contribution is 2.20. The number of carbonyl (C=O) groups is 1. The van der Waals surface area contributed by atoms with Crippen LogP contribution in [0, 0.1) is 0 Å². The number of ether oxygens (including phenoxy) is 1. The first-order valence-electron chi connectivity index (χ1n) is 5.86. The molecule has 1 unspecified atom stereocenters. The first kappa shape index (κ1) is 12.4. The van der Waals surface area contributed by atoms with Crippen LogP contribution < -0.4 is 5.32 Å². The molecular formula is C13H17N3O2. The van der Waals surface area contributed by atoms with Crippen LogP contribution in [0.1, 0.15) is 11.5 Å². The molecule has 0 radical (unpaired) electrons. The summed E-state index contributed by atoms with van der Waals surface area (Å²) in [6.07, 6.45) is -0.487. The van der Waals surface area contributed by atoms with E-state index in [9.17, 15) is 4.79 Å². The van der Waals surface area contributed by atoms with Gasteiger partial charge in [-0.3, -0.25) is 10.3 Å². The number of aliphatic imine (C=N–C) groups is 1. The number of nitrogens with zero attached hydrogens (tertiary/aromatic N) is 2. The van der Waals surface area contributed by atoms with Crippen molar-refractivity contribution in [2.24, 2.45) is 4.99 Å². The minimum Gasteiger partial charge on any atom is -0.453 e. The van der Waals surface area contributed by atoms with Crippen LogP contribution in [0.25, 0.3) is 0 Å². The van der Waals surface area contributed by atoms with Crippen molar-refractivity contribution in [1.29, 1.82) is 0 Å². The smallest absolute Gasteiger partial charge is 0.413 e. The van der Waals surface area contributed by atoms with Crippen LogP contribution in [0.4, 0.5) is 4.79 Å². The first-order chi connectivity index (χ1) is 8.70. The molecule has 5 nitrogen and oxygen atoms in total. The summed E-state index contributed by atoms with van der Waals surface area (Å²) in [5.74, 6) is 0.924. The van der Waals surface area contributed by atoms with E-state index in [2.05, 4.69) is 27.2 Å². The Hall–Kier alpha value is -2.04. The number of hydrogen-bond acceptors (Lipinski definition) is 4. The van der Waals surface area contributed by atoms with Crippen molar-refractivity contribution in [3.05, 3.63) is 35.9 Å². The minimum absolute atomic E-state index is 0.361. The molecule has 96 valence electrons. The van der Waals surface area contributed by atoms with Gasteiger partial charge < -0.3 is 9.64 Å². The molecule has 0 saturated heterocycles. The van der Waals surface area contributed by atoms with E-state index in [1.54, 1.807) is 0 Å². The van der Waals surface area contributed by atoms with E-state index < -0.39 is 6.09 Å². The lowest BCUT2D eigenvalue weighted by molar-refractivity contribution is 0.175. The number of nitrogens with one attached hydrogen (secondary N) is 1. The van der Waals surface area contributed by atoms with Crippen molar-refractivity contribution in [3.63, 3.8) is 0 Å². The number of rotatable bonds is 1. The largest absolute Gasteiger partial charge is 0.453 e. The van der Waals surface area contributed by atoms with Gasteiger partial charge in [-0.15, -0.1) is 0 Å². The molecule has 0 saturated carbocycles. The summed E-state index contributed by atoms with van der Waals surface area (Å²) in [7, 11) is 3.25. The van der Waals surface area contributed by atoms with E-state index >= 15 is 0 Å². The molecule has 5 heteroatoms. The normalized spacial score (nSPS) is 19.1. The lowest BCUT2D eigenvalue weighted by Crippen LogP contribution is -2.46. The second kappa shape index (κ2) is 5.53. The van der Waals surface area contributed by atoms with E-state index in [0.29, 0.717) is 18.4 Å². The molecule has 0 aliphatic carbocycles. The number of methoxy groups -OCH3 is 1. The molecule has 1 N–H and O–H groups in total. The van der Waals surface area contributed by atoms with Gasteiger partial charge in [0.05, 0.1) is 13.7 Å². The molecule has 1 amide bonds. The maximum absolute atomic E-state index is 11.1. The summed E-state index contributed by atoms with van der Waals surface area (Å²) in [4.78, 5) is 17.5. The topological polar surface area (TPSA) is 53.9 Å². The van der Waals surface area contributed by atoms with Gasteiger partial charge in [0.15, 0.2) is 0 Å². The monoisotopic (exact) mass is 247 g/mol. The third-order valence-corrected chi connectivity index (χ3v) is 2.99. The zero-order chi connectivity index (χ0) is 13.0. The molecule has 0 fully saturated rings. The highest BCUT2D eigenvalue weighted by Gasteiger charge is 2.22. The number of hydrogen-bond donors (Lipinski definition) is 1. The number of likely N-dealkylation sites (N-methyl/N-ethyl adjacent to an activating group) is 1. The van der Waals surface area contributed by atoms with Gasteiger partial charge >= 0.3 is 6.09 Å². The molecule has 0 bridgehead atoms. The highest BCUT2D eigenvalue weighted by molar-refractivity contribution is 5.94. The minimum atomic E-state index is -0.487. The summed E-state index contributed by atoms with van der Waals surface area (Å²) in [6, 6.07) is 10.3. The van der Waals surface area contributed by atoms with E-state index in [0.717, 1.165) is 6.54 Å². The second-order valence-corrected chi connectivity index (χ2v) is 4.27. The molecule has 0 spiro atoms. The Labute approximate surface area is 106 Å². The molecule has 2 rings (SSSR count). The van der Waals surface area contributed by atoms with Crippen LogP contribution >= 0.6 is 0 Å². The predicted molar refractivity (Wildman–Crippen MR) is 69.7 cm³/mol. The Kier molecular flexibility index (Phi) is 3.82. The van der Waals surface area contributed by atoms with Crippen LogP contribution in [0.5, 0.6) is 0 Å². The van der Waals surface area contributed by atoms with Gasteiger partial charge in [-0.1, -0.05) is 30.3 Å². The summed E-state index contributed by atoms with van der Waals surface area (Å²) in [5, 5.41) is 2.61. The quantitative estimate of drug-likeness (QED) is 0.816. The Morgan fingerprint density at radius 1 is 1.44 bits per heavy atom. The number of amides is 1. The van der Waals surface area contributed by atoms with Crippen molar-refractivity contribution in [1.82, 2.24) is 10.2 Å². The van der Waals surface area contributed by atoms with Gasteiger partial charge in [-0.2, -0.15) is 0 Å². The molecule has 1 aromatic rings. The van der Waals surface area contributed by atoms with Gasteiger partial charge in [0.25, 0.3) is 0 Å². The fourth-order valence-electron chi connectivity index (χ4n) is 2.01. The fraction of sp³-hybridized carbons (Fsp3) is 0.385. The van der Waals surface area contributed by atoms with Crippen LogP contribution in [-0.4, -0.2) is 44.2 Å². The van der Waals surface area contributed by atoms with Crippen molar-refractivity contribution >= 4 is 12.1 Å². The van der Waals surface area contributed by atoms with Gasteiger partial charge in [-0.05, 0) is 5.56 Å². The number of alkyl carbamates (subject to hydrolysis) is 1. The summed E-state index contributed by atoms with van der Waals surface area (Å²) in [6.45, 7) is 1.50. The maximum Gasteiger partial charge on any atom is 0.413 e. The number of carbonyl (C=O) groups excluding carboxylic acids is 1. The third-order valence-electron chi connectivity index (χ3n) is 2.99.